The number of aromatic nitrogens is 3. The Hall–Kier alpha value is -1.43. The van der Waals surface area contributed by atoms with Crippen LogP contribution in [0.15, 0.2) is 0 Å². The molecule has 6 nitrogen and oxygen atoms in total. The molecular weight excluding hydrogens is 232 g/mol. The molecule has 1 aromatic rings. The lowest BCUT2D eigenvalue weighted by atomic mass is 9.84. The molecule has 0 unspecified atom stereocenters. The van der Waals surface area contributed by atoms with Gasteiger partial charge in [-0.3, -0.25) is 14.8 Å². The number of aryl methyl sites for hydroxylation is 2. The molecule has 0 radical (unpaired) electrons. The monoisotopic (exact) mass is 252 g/mol. The minimum atomic E-state index is -0.703. The van der Waals surface area contributed by atoms with Crippen LogP contribution in [0.5, 0.6) is 0 Å². The highest BCUT2D eigenvalue weighted by Crippen LogP contribution is 2.32. The van der Waals surface area contributed by atoms with Gasteiger partial charge in [-0.15, -0.1) is 5.10 Å². The zero-order valence-corrected chi connectivity index (χ0v) is 11.2. The second kappa shape index (κ2) is 5.06. The van der Waals surface area contributed by atoms with Crippen LogP contribution in [0, 0.1) is 6.92 Å². The smallest absolute Gasteiger partial charge is 0.259 e. The molecule has 1 aliphatic carbocycles. The molecule has 1 saturated carbocycles. The number of methoxy groups -OCH3 is 1. The van der Waals surface area contributed by atoms with Gasteiger partial charge in [-0.05, 0) is 19.8 Å². The summed E-state index contributed by atoms with van der Waals surface area (Å²) < 4.78 is 7.11. The van der Waals surface area contributed by atoms with Gasteiger partial charge in [-0.25, -0.2) is 0 Å². The van der Waals surface area contributed by atoms with Gasteiger partial charge in [0.2, 0.25) is 5.95 Å². The summed E-state index contributed by atoms with van der Waals surface area (Å²) in [5.41, 5.74) is -0.703. The van der Waals surface area contributed by atoms with Crippen LogP contribution >= 0.6 is 0 Å². The van der Waals surface area contributed by atoms with Crippen molar-refractivity contribution in [1.29, 1.82) is 0 Å². The second-order valence-electron chi connectivity index (χ2n) is 4.82. The summed E-state index contributed by atoms with van der Waals surface area (Å²) in [5.74, 6) is 0.984. The maximum absolute atomic E-state index is 12.3. The van der Waals surface area contributed by atoms with E-state index in [0.717, 1.165) is 31.5 Å². The molecule has 1 N–H and O–H groups in total. The van der Waals surface area contributed by atoms with Crippen LogP contribution in [0.25, 0.3) is 0 Å². The molecule has 0 saturated heterocycles. The van der Waals surface area contributed by atoms with E-state index in [1.165, 1.54) is 6.42 Å². The number of nitrogens with zero attached hydrogens (tertiary/aromatic N) is 3. The minimum Gasteiger partial charge on any atom is -0.368 e. The maximum atomic E-state index is 12.3. The Labute approximate surface area is 107 Å². The van der Waals surface area contributed by atoms with Crippen molar-refractivity contribution in [2.45, 2.75) is 44.6 Å². The van der Waals surface area contributed by atoms with E-state index in [-0.39, 0.29) is 5.91 Å². The van der Waals surface area contributed by atoms with E-state index in [2.05, 4.69) is 15.4 Å². The molecule has 0 aliphatic heterocycles. The zero-order chi connectivity index (χ0) is 13.2. The molecule has 0 aromatic carbocycles. The Bertz CT molecular complexity index is 416. The van der Waals surface area contributed by atoms with Crippen molar-refractivity contribution in [3.8, 4) is 0 Å². The number of rotatable bonds is 3. The van der Waals surface area contributed by atoms with Crippen LogP contribution in [-0.4, -0.2) is 33.4 Å². The Balaban J connectivity index is 2.10. The lowest BCUT2D eigenvalue weighted by Crippen LogP contribution is -2.46. The first-order chi connectivity index (χ1) is 8.57. The van der Waals surface area contributed by atoms with Gasteiger partial charge in [-0.2, -0.15) is 4.98 Å². The van der Waals surface area contributed by atoms with Crippen molar-refractivity contribution < 1.29 is 9.53 Å². The van der Waals surface area contributed by atoms with Crippen LogP contribution < -0.4 is 5.32 Å². The Kier molecular flexibility index (Phi) is 3.65. The van der Waals surface area contributed by atoms with Gasteiger partial charge >= 0.3 is 0 Å². The van der Waals surface area contributed by atoms with Gasteiger partial charge in [-0.1, -0.05) is 19.3 Å². The van der Waals surface area contributed by atoms with Gasteiger partial charge in [0, 0.05) is 14.2 Å². The van der Waals surface area contributed by atoms with Crippen LogP contribution in [0.2, 0.25) is 0 Å². The van der Waals surface area contributed by atoms with Crippen molar-refractivity contribution in [2.75, 3.05) is 12.4 Å². The summed E-state index contributed by atoms with van der Waals surface area (Å²) in [7, 11) is 3.40. The molecule has 100 valence electrons. The average Bonchev–Trinajstić information content (AvgIpc) is 2.69. The number of anilines is 1. The summed E-state index contributed by atoms with van der Waals surface area (Å²) in [4.78, 5) is 16.5. The number of carbonyl (C=O) groups is 1. The quantitative estimate of drug-likeness (QED) is 0.883. The standard InChI is InChI=1S/C12H20N4O2/c1-9-13-11(15-16(9)2)14-10(17)12(18-3)7-5-4-6-8-12/h4-8H2,1-3H3,(H,14,15,17). The van der Waals surface area contributed by atoms with E-state index in [0.29, 0.717) is 5.95 Å². The van der Waals surface area contributed by atoms with Gasteiger partial charge in [0.15, 0.2) is 0 Å². The molecule has 1 fully saturated rings. The molecule has 0 spiro atoms. The van der Waals surface area contributed by atoms with Crippen molar-refractivity contribution in [1.82, 2.24) is 14.8 Å². The third-order valence-corrected chi connectivity index (χ3v) is 3.67. The van der Waals surface area contributed by atoms with Crippen LogP contribution in [0.1, 0.15) is 37.9 Å². The highest BCUT2D eigenvalue weighted by molar-refractivity contribution is 5.96. The molecule has 1 aromatic heterocycles. The van der Waals surface area contributed by atoms with E-state index >= 15 is 0 Å². The van der Waals surface area contributed by atoms with Crippen molar-refractivity contribution in [3.05, 3.63) is 5.82 Å². The normalized spacial score (nSPS) is 18.6. The average molecular weight is 252 g/mol. The SMILES string of the molecule is COC1(C(=O)Nc2nc(C)n(C)n2)CCCCC1. The number of hydrogen-bond donors (Lipinski definition) is 1. The molecule has 1 heterocycles. The highest BCUT2D eigenvalue weighted by Gasteiger charge is 2.40. The summed E-state index contributed by atoms with van der Waals surface area (Å²) in [6.45, 7) is 1.84. The fourth-order valence-electron chi connectivity index (χ4n) is 2.38. The van der Waals surface area contributed by atoms with E-state index in [1.807, 2.05) is 6.92 Å². The van der Waals surface area contributed by atoms with Gasteiger partial charge in [0.1, 0.15) is 11.4 Å². The minimum absolute atomic E-state index is 0.129. The van der Waals surface area contributed by atoms with Gasteiger partial charge in [0.25, 0.3) is 5.91 Å². The third kappa shape index (κ3) is 2.38. The molecule has 2 rings (SSSR count). The zero-order valence-electron chi connectivity index (χ0n) is 11.2. The number of amides is 1. The fourth-order valence-corrected chi connectivity index (χ4v) is 2.38. The molecule has 1 amide bonds. The van der Waals surface area contributed by atoms with Crippen LogP contribution in [0.3, 0.4) is 0 Å². The van der Waals surface area contributed by atoms with Gasteiger partial charge in [0.05, 0.1) is 0 Å². The summed E-state index contributed by atoms with van der Waals surface area (Å²) in [6, 6.07) is 0. The highest BCUT2D eigenvalue weighted by atomic mass is 16.5. The van der Waals surface area contributed by atoms with E-state index in [4.69, 9.17) is 4.74 Å². The molecule has 0 bridgehead atoms. The van der Waals surface area contributed by atoms with Crippen LogP contribution in [0.4, 0.5) is 5.95 Å². The van der Waals surface area contributed by atoms with E-state index < -0.39 is 5.60 Å². The molecule has 0 atom stereocenters. The largest absolute Gasteiger partial charge is 0.368 e. The lowest BCUT2D eigenvalue weighted by molar-refractivity contribution is -0.141. The predicted octanol–water partition coefficient (Wildman–Crippen LogP) is 1.41. The Morgan fingerprint density at radius 1 is 1.39 bits per heavy atom. The van der Waals surface area contributed by atoms with Gasteiger partial charge < -0.3 is 4.74 Å². The maximum Gasteiger partial charge on any atom is 0.259 e. The topological polar surface area (TPSA) is 69.0 Å². The first kappa shape index (κ1) is 13.0. The van der Waals surface area contributed by atoms with E-state index in [1.54, 1.807) is 18.8 Å². The second-order valence-corrected chi connectivity index (χ2v) is 4.82. The lowest BCUT2D eigenvalue weighted by Gasteiger charge is -2.33. The van der Waals surface area contributed by atoms with Crippen LogP contribution in [-0.2, 0) is 16.6 Å². The predicted molar refractivity (Wildman–Crippen MR) is 67.2 cm³/mol. The van der Waals surface area contributed by atoms with Crippen molar-refractivity contribution >= 4 is 11.9 Å². The molecule has 6 heteroatoms. The first-order valence-corrected chi connectivity index (χ1v) is 6.32. The number of carbonyl (C=O) groups excluding carboxylic acids is 1. The third-order valence-electron chi connectivity index (χ3n) is 3.67. The first-order valence-electron chi connectivity index (χ1n) is 6.32. The Morgan fingerprint density at radius 2 is 2.06 bits per heavy atom. The number of nitrogens with one attached hydrogen (secondary N) is 1. The summed E-state index contributed by atoms with van der Waals surface area (Å²) in [6.07, 6.45) is 4.74. The molecule has 18 heavy (non-hydrogen) atoms. The Morgan fingerprint density at radius 3 is 2.56 bits per heavy atom. The molecule has 1 aliphatic rings. The van der Waals surface area contributed by atoms with Crippen molar-refractivity contribution in [2.24, 2.45) is 7.05 Å². The number of ether oxygens (including phenoxy) is 1. The summed E-state index contributed by atoms with van der Waals surface area (Å²) >= 11 is 0. The van der Waals surface area contributed by atoms with Crippen molar-refractivity contribution in [3.63, 3.8) is 0 Å². The fraction of sp³-hybridized carbons (Fsp3) is 0.750. The molecular formula is C12H20N4O2. The summed E-state index contributed by atoms with van der Waals surface area (Å²) in [5, 5.41) is 6.89. The number of hydrogen-bond acceptors (Lipinski definition) is 4. The van der Waals surface area contributed by atoms with E-state index in [9.17, 15) is 4.79 Å².